The summed E-state index contributed by atoms with van der Waals surface area (Å²) in [5, 5.41) is 2.71. The molecule has 2 aliphatic rings. The van der Waals surface area contributed by atoms with E-state index in [1.807, 2.05) is 19.1 Å². The highest BCUT2D eigenvalue weighted by Gasteiger charge is 2.44. The van der Waals surface area contributed by atoms with E-state index in [0.29, 0.717) is 24.3 Å². The molecule has 5 amide bonds. The lowest BCUT2D eigenvalue weighted by Crippen LogP contribution is -2.39. The molecule has 2 heterocycles. The van der Waals surface area contributed by atoms with Crippen LogP contribution in [0.15, 0.2) is 48.5 Å². The first kappa shape index (κ1) is 20.6. The topological polar surface area (TPSA) is 90.0 Å². The van der Waals surface area contributed by atoms with Crippen LogP contribution in [0, 0.1) is 6.92 Å². The van der Waals surface area contributed by atoms with Crippen LogP contribution < -0.4 is 15.1 Å². The largest absolute Gasteiger partial charge is 0.332 e. The molecule has 0 spiro atoms. The van der Waals surface area contributed by atoms with Crippen molar-refractivity contribution in [1.82, 2.24) is 4.90 Å². The minimum atomic E-state index is -0.680. The Balaban J connectivity index is 1.41. The summed E-state index contributed by atoms with van der Waals surface area (Å²) in [6.07, 6.45) is 1.39. The minimum absolute atomic E-state index is 0.0927. The van der Waals surface area contributed by atoms with Crippen molar-refractivity contribution >= 4 is 40.8 Å². The van der Waals surface area contributed by atoms with Gasteiger partial charge in [-0.05, 0) is 56.7 Å². The Kier molecular flexibility index (Phi) is 5.46. The third-order valence-corrected chi connectivity index (χ3v) is 5.60. The van der Waals surface area contributed by atoms with E-state index in [0.717, 1.165) is 22.6 Å². The van der Waals surface area contributed by atoms with Crippen molar-refractivity contribution in [1.29, 1.82) is 0 Å². The number of anilines is 3. The van der Waals surface area contributed by atoms with Gasteiger partial charge in [0, 0.05) is 30.0 Å². The molecule has 8 heteroatoms. The standard InChI is InChI=1S/C23H24N4O4/c1-15-5-9-19(10-6-15)27-16(2)22(30)26(23(27)31)14-20(28)24-17-7-11-18(12-8-17)25-13-3-4-21(25)29/h5-12,16H,3-4,13-14H2,1-2H3,(H,24,28)/t16-/m1/s1. The normalized spacial score (nSPS) is 18.8. The third-order valence-electron chi connectivity index (χ3n) is 5.60. The predicted octanol–water partition coefficient (Wildman–Crippen LogP) is 2.92. The second kappa shape index (κ2) is 8.22. The minimum Gasteiger partial charge on any atom is -0.325 e. The van der Waals surface area contributed by atoms with Gasteiger partial charge in [-0.2, -0.15) is 0 Å². The lowest BCUT2D eigenvalue weighted by Gasteiger charge is -2.19. The number of hydrogen-bond acceptors (Lipinski definition) is 4. The average molecular weight is 420 g/mol. The fraction of sp³-hybridized carbons (Fsp3) is 0.304. The first-order chi connectivity index (χ1) is 14.8. The highest BCUT2D eigenvalue weighted by molar-refractivity contribution is 6.16. The Hall–Kier alpha value is -3.68. The maximum absolute atomic E-state index is 12.8. The van der Waals surface area contributed by atoms with Crippen LogP contribution in [0.1, 0.15) is 25.3 Å². The molecule has 4 rings (SSSR count). The van der Waals surface area contributed by atoms with E-state index in [9.17, 15) is 19.2 Å². The van der Waals surface area contributed by atoms with Gasteiger partial charge < -0.3 is 10.2 Å². The third kappa shape index (κ3) is 4.01. The summed E-state index contributed by atoms with van der Waals surface area (Å²) in [4.78, 5) is 53.9. The molecule has 1 N–H and O–H groups in total. The zero-order valence-electron chi connectivity index (χ0n) is 17.5. The summed E-state index contributed by atoms with van der Waals surface area (Å²) in [5.74, 6) is -0.789. The number of carbonyl (C=O) groups is 4. The van der Waals surface area contributed by atoms with Crippen molar-refractivity contribution in [2.45, 2.75) is 32.7 Å². The second-order valence-corrected chi connectivity index (χ2v) is 7.83. The van der Waals surface area contributed by atoms with Gasteiger partial charge in [0.25, 0.3) is 5.91 Å². The van der Waals surface area contributed by atoms with Crippen LogP contribution in [-0.4, -0.2) is 47.8 Å². The van der Waals surface area contributed by atoms with Gasteiger partial charge in [0.2, 0.25) is 11.8 Å². The Bertz CT molecular complexity index is 1030. The van der Waals surface area contributed by atoms with E-state index in [1.165, 1.54) is 4.90 Å². The molecule has 2 aliphatic heterocycles. The van der Waals surface area contributed by atoms with Crippen LogP contribution in [0.4, 0.5) is 21.9 Å². The number of imide groups is 1. The number of hydrogen-bond donors (Lipinski definition) is 1. The smallest absolute Gasteiger partial charge is 0.325 e. The number of urea groups is 1. The van der Waals surface area contributed by atoms with Gasteiger partial charge in [-0.1, -0.05) is 17.7 Å². The molecule has 2 fully saturated rings. The summed E-state index contributed by atoms with van der Waals surface area (Å²) in [6, 6.07) is 13.1. The van der Waals surface area contributed by atoms with E-state index >= 15 is 0 Å². The Morgan fingerprint density at radius 3 is 2.26 bits per heavy atom. The first-order valence-corrected chi connectivity index (χ1v) is 10.3. The van der Waals surface area contributed by atoms with Crippen LogP contribution in [0.3, 0.4) is 0 Å². The Morgan fingerprint density at radius 1 is 1.00 bits per heavy atom. The lowest BCUT2D eigenvalue weighted by atomic mass is 10.2. The molecule has 2 saturated heterocycles. The number of carbonyl (C=O) groups excluding carboxylic acids is 4. The predicted molar refractivity (Wildman–Crippen MR) is 117 cm³/mol. The summed E-state index contributed by atoms with van der Waals surface area (Å²) < 4.78 is 0. The highest BCUT2D eigenvalue weighted by atomic mass is 16.2. The fourth-order valence-electron chi connectivity index (χ4n) is 3.90. The van der Waals surface area contributed by atoms with Crippen molar-refractivity contribution in [3.05, 3.63) is 54.1 Å². The SMILES string of the molecule is Cc1ccc(N2C(=O)N(CC(=O)Nc3ccc(N4CCCC4=O)cc3)C(=O)[C@H]2C)cc1. The molecule has 2 aromatic carbocycles. The van der Waals surface area contributed by atoms with Crippen LogP contribution >= 0.6 is 0 Å². The molecule has 0 aliphatic carbocycles. The second-order valence-electron chi connectivity index (χ2n) is 7.83. The van der Waals surface area contributed by atoms with Crippen LogP contribution in [0.25, 0.3) is 0 Å². The van der Waals surface area contributed by atoms with Crippen LogP contribution in [0.2, 0.25) is 0 Å². The summed E-state index contributed by atoms with van der Waals surface area (Å²) >= 11 is 0. The zero-order valence-corrected chi connectivity index (χ0v) is 17.5. The number of benzene rings is 2. The van der Waals surface area contributed by atoms with E-state index in [1.54, 1.807) is 48.2 Å². The molecule has 0 saturated carbocycles. The lowest BCUT2D eigenvalue weighted by molar-refractivity contribution is -0.130. The van der Waals surface area contributed by atoms with Gasteiger partial charge >= 0.3 is 6.03 Å². The molecule has 0 unspecified atom stereocenters. The van der Waals surface area contributed by atoms with Crippen molar-refractivity contribution in [2.75, 3.05) is 28.2 Å². The van der Waals surface area contributed by atoms with E-state index in [4.69, 9.17) is 0 Å². The molecule has 8 nitrogen and oxygen atoms in total. The van der Waals surface area contributed by atoms with Crippen molar-refractivity contribution in [3.8, 4) is 0 Å². The summed E-state index contributed by atoms with van der Waals surface area (Å²) in [6.45, 7) is 3.92. The molecule has 0 aromatic heterocycles. The number of rotatable bonds is 5. The maximum Gasteiger partial charge on any atom is 0.332 e. The Labute approximate surface area is 180 Å². The van der Waals surface area contributed by atoms with Gasteiger partial charge in [0.1, 0.15) is 12.6 Å². The number of nitrogens with one attached hydrogen (secondary N) is 1. The van der Waals surface area contributed by atoms with Gasteiger partial charge in [-0.25, -0.2) is 4.79 Å². The molecule has 2 aromatic rings. The van der Waals surface area contributed by atoms with Crippen molar-refractivity contribution in [2.24, 2.45) is 0 Å². The molecular formula is C23H24N4O4. The van der Waals surface area contributed by atoms with Crippen molar-refractivity contribution < 1.29 is 19.2 Å². The molecule has 0 bridgehead atoms. The molecule has 0 radical (unpaired) electrons. The van der Waals surface area contributed by atoms with Crippen LogP contribution in [-0.2, 0) is 14.4 Å². The van der Waals surface area contributed by atoms with Gasteiger partial charge in [-0.3, -0.25) is 24.2 Å². The van der Waals surface area contributed by atoms with Gasteiger partial charge in [0.05, 0.1) is 0 Å². The number of amides is 5. The highest BCUT2D eigenvalue weighted by Crippen LogP contribution is 2.26. The molecule has 160 valence electrons. The van der Waals surface area contributed by atoms with Gasteiger partial charge in [0.15, 0.2) is 0 Å². The molecular weight excluding hydrogens is 396 g/mol. The van der Waals surface area contributed by atoms with E-state index in [-0.39, 0.29) is 12.5 Å². The molecule has 1 atom stereocenters. The van der Waals surface area contributed by atoms with Crippen LogP contribution in [0.5, 0.6) is 0 Å². The van der Waals surface area contributed by atoms with Crippen molar-refractivity contribution in [3.63, 3.8) is 0 Å². The fourth-order valence-corrected chi connectivity index (χ4v) is 3.90. The quantitative estimate of drug-likeness (QED) is 0.753. The van der Waals surface area contributed by atoms with E-state index in [2.05, 4.69) is 5.32 Å². The van der Waals surface area contributed by atoms with E-state index < -0.39 is 23.9 Å². The molecule has 31 heavy (non-hydrogen) atoms. The summed E-state index contributed by atoms with van der Waals surface area (Å²) in [7, 11) is 0. The number of nitrogens with zero attached hydrogens (tertiary/aromatic N) is 3. The Morgan fingerprint density at radius 2 is 1.65 bits per heavy atom. The van der Waals surface area contributed by atoms with Gasteiger partial charge in [-0.15, -0.1) is 0 Å². The monoisotopic (exact) mass is 420 g/mol. The number of aryl methyl sites for hydroxylation is 1. The first-order valence-electron chi connectivity index (χ1n) is 10.3. The average Bonchev–Trinajstić information content (AvgIpc) is 3.26. The summed E-state index contributed by atoms with van der Waals surface area (Å²) in [5.41, 5.74) is 2.98. The maximum atomic E-state index is 12.8. The zero-order chi connectivity index (χ0) is 22.1.